The van der Waals surface area contributed by atoms with Crippen LogP contribution in [0.2, 0.25) is 0 Å². The topological polar surface area (TPSA) is 58.6 Å². The molecule has 5 nitrogen and oxygen atoms in total. The van der Waals surface area contributed by atoms with Crippen molar-refractivity contribution in [2.75, 3.05) is 26.3 Å². The molecule has 0 radical (unpaired) electrons. The molecule has 1 fully saturated rings. The highest BCUT2D eigenvalue weighted by Gasteiger charge is 2.22. The monoisotopic (exact) mass is 294 g/mol. The summed E-state index contributed by atoms with van der Waals surface area (Å²) in [4.78, 5) is 25.6. The highest BCUT2D eigenvalue weighted by atomic mass is 32.1. The van der Waals surface area contributed by atoms with E-state index in [1.54, 1.807) is 29.2 Å². The molecule has 2 rings (SSSR count). The third-order valence-electron chi connectivity index (χ3n) is 3.02. The molecule has 1 N–H and O–H groups in total. The van der Waals surface area contributed by atoms with Crippen LogP contribution in [0.3, 0.4) is 0 Å². The fraction of sp³-hybridized carbons (Fsp3) is 0.429. The highest BCUT2D eigenvalue weighted by molar-refractivity contribution is 7.08. The lowest BCUT2D eigenvalue weighted by atomic mass is 10.2. The maximum atomic E-state index is 12.1. The summed E-state index contributed by atoms with van der Waals surface area (Å²) >= 11 is 1.57. The minimum atomic E-state index is -0.521. The van der Waals surface area contributed by atoms with E-state index >= 15 is 0 Å². The van der Waals surface area contributed by atoms with Gasteiger partial charge in [0.1, 0.15) is 6.04 Å². The van der Waals surface area contributed by atoms with Gasteiger partial charge in [0.25, 0.3) is 0 Å². The number of thiophene rings is 1. The van der Waals surface area contributed by atoms with Gasteiger partial charge in [0.05, 0.1) is 13.2 Å². The third kappa shape index (κ3) is 4.18. The fourth-order valence-electron chi connectivity index (χ4n) is 1.92. The molecular weight excluding hydrogens is 276 g/mol. The number of carbonyl (C=O) groups excluding carboxylic acids is 2. The molecule has 2 heterocycles. The van der Waals surface area contributed by atoms with E-state index in [1.807, 2.05) is 16.8 Å². The van der Waals surface area contributed by atoms with Crippen molar-refractivity contribution in [3.63, 3.8) is 0 Å². The lowest BCUT2D eigenvalue weighted by molar-refractivity contribution is -0.138. The number of nitrogens with one attached hydrogen (secondary N) is 1. The lowest BCUT2D eigenvalue weighted by Gasteiger charge is -2.29. The van der Waals surface area contributed by atoms with Crippen LogP contribution in [0, 0.1) is 0 Å². The summed E-state index contributed by atoms with van der Waals surface area (Å²) in [6, 6.07) is 1.41. The standard InChI is InChI=1S/C14H18N2O3S/c1-11(14(18)16-5-7-19-8-6-16)15-13(17)3-2-12-4-9-20-10-12/h2-4,9-11H,5-8H2,1H3,(H,15,17)/b3-2+. The van der Waals surface area contributed by atoms with Gasteiger partial charge in [-0.2, -0.15) is 11.3 Å². The Kier molecular flexibility index (Phi) is 5.31. The Hall–Kier alpha value is -1.66. The average molecular weight is 294 g/mol. The predicted molar refractivity (Wildman–Crippen MR) is 78.4 cm³/mol. The molecular formula is C14H18N2O3S. The van der Waals surface area contributed by atoms with Gasteiger partial charge in [0.15, 0.2) is 0 Å². The molecule has 1 unspecified atom stereocenters. The van der Waals surface area contributed by atoms with Crippen LogP contribution < -0.4 is 5.32 Å². The molecule has 1 aliphatic rings. The molecule has 1 saturated heterocycles. The Morgan fingerprint density at radius 3 is 2.85 bits per heavy atom. The molecule has 2 amide bonds. The number of nitrogens with zero attached hydrogens (tertiary/aromatic N) is 1. The first-order chi connectivity index (χ1) is 9.66. The zero-order valence-corrected chi connectivity index (χ0v) is 12.2. The normalized spacial score (nSPS) is 17.1. The highest BCUT2D eigenvalue weighted by Crippen LogP contribution is 2.07. The smallest absolute Gasteiger partial charge is 0.245 e. The summed E-state index contributed by atoms with van der Waals surface area (Å²) in [6.07, 6.45) is 3.18. The largest absolute Gasteiger partial charge is 0.378 e. The molecule has 20 heavy (non-hydrogen) atoms. The van der Waals surface area contributed by atoms with E-state index in [4.69, 9.17) is 4.74 Å². The quantitative estimate of drug-likeness (QED) is 0.847. The van der Waals surface area contributed by atoms with Crippen molar-refractivity contribution in [1.29, 1.82) is 0 Å². The predicted octanol–water partition coefficient (Wildman–Crippen LogP) is 1.12. The molecule has 108 valence electrons. The van der Waals surface area contributed by atoms with Crippen LogP contribution in [0.25, 0.3) is 6.08 Å². The van der Waals surface area contributed by atoms with E-state index < -0.39 is 6.04 Å². The van der Waals surface area contributed by atoms with Gasteiger partial charge in [0.2, 0.25) is 11.8 Å². The number of ether oxygens (including phenoxy) is 1. The zero-order chi connectivity index (χ0) is 14.4. The maximum absolute atomic E-state index is 12.1. The van der Waals surface area contributed by atoms with Crippen LogP contribution in [0.5, 0.6) is 0 Å². The summed E-state index contributed by atoms with van der Waals surface area (Å²) in [5.74, 6) is -0.323. The Morgan fingerprint density at radius 2 is 2.20 bits per heavy atom. The van der Waals surface area contributed by atoms with Gasteiger partial charge in [-0.05, 0) is 35.4 Å². The average Bonchev–Trinajstić information content (AvgIpc) is 2.98. The molecule has 0 aromatic carbocycles. The number of rotatable bonds is 4. The fourth-order valence-corrected chi connectivity index (χ4v) is 2.55. The maximum Gasteiger partial charge on any atom is 0.245 e. The van der Waals surface area contributed by atoms with Crippen molar-refractivity contribution >= 4 is 29.2 Å². The van der Waals surface area contributed by atoms with Gasteiger partial charge in [-0.25, -0.2) is 0 Å². The van der Waals surface area contributed by atoms with E-state index in [2.05, 4.69) is 5.32 Å². The van der Waals surface area contributed by atoms with Gasteiger partial charge >= 0.3 is 0 Å². The van der Waals surface area contributed by atoms with Gasteiger partial charge < -0.3 is 15.0 Å². The van der Waals surface area contributed by atoms with Crippen LogP contribution in [0.1, 0.15) is 12.5 Å². The van der Waals surface area contributed by atoms with E-state index in [0.29, 0.717) is 26.3 Å². The second-order valence-corrected chi connectivity index (χ2v) is 5.34. The Morgan fingerprint density at radius 1 is 1.45 bits per heavy atom. The molecule has 1 atom stereocenters. The van der Waals surface area contributed by atoms with Crippen LogP contribution in [-0.2, 0) is 14.3 Å². The minimum Gasteiger partial charge on any atom is -0.378 e. The van der Waals surface area contributed by atoms with E-state index in [-0.39, 0.29) is 11.8 Å². The van der Waals surface area contributed by atoms with Crippen molar-refractivity contribution in [3.05, 3.63) is 28.5 Å². The van der Waals surface area contributed by atoms with Gasteiger partial charge in [-0.1, -0.05) is 0 Å². The summed E-state index contributed by atoms with van der Waals surface area (Å²) in [6.45, 7) is 4.00. The Bertz CT molecular complexity index is 479. The van der Waals surface area contributed by atoms with Gasteiger partial charge in [0, 0.05) is 19.2 Å². The molecule has 1 aromatic heterocycles. The van der Waals surface area contributed by atoms with Crippen LogP contribution in [-0.4, -0.2) is 49.1 Å². The molecule has 0 aliphatic carbocycles. The van der Waals surface area contributed by atoms with Crippen molar-refractivity contribution in [3.8, 4) is 0 Å². The Balaban J connectivity index is 1.82. The number of hydrogen-bond donors (Lipinski definition) is 1. The third-order valence-corrected chi connectivity index (χ3v) is 3.72. The van der Waals surface area contributed by atoms with Crippen molar-refractivity contribution in [1.82, 2.24) is 10.2 Å². The molecule has 1 aliphatic heterocycles. The van der Waals surface area contributed by atoms with Crippen LogP contribution >= 0.6 is 11.3 Å². The number of hydrogen-bond acceptors (Lipinski definition) is 4. The SMILES string of the molecule is CC(NC(=O)/C=C/c1ccsc1)C(=O)N1CCOCC1. The van der Waals surface area contributed by atoms with Crippen molar-refractivity contribution < 1.29 is 14.3 Å². The Labute approximate surface area is 122 Å². The van der Waals surface area contributed by atoms with E-state index in [0.717, 1.165) is 5.56 Å². The number of carbonyl (C=O) groups is 2. The second-order valence-electron chi connectivity index (χ2n) is 4.56. The summed E-state index contributed by atoms with van der Waals surface area (Å²) in [5, 5.41) is 6.58. The molecule has 0 bridgehead atoms. The first-order valence-corrected chi connectivity index (χ1v) is 7.48. The van der Waals surface area contributed by atoms with Gasteiger partial charge in [-0.15, -0.1) is 0 Å². The molecule has 6 heteroatoms. The van der Waals surface area contributed by atoms with Gasteiger partial charge in [-0.3, -0.25) is 9.59 Å². The lowest BCUT2D eigenvalue weighted by Crippen LogP contribution is -2.50. The number of amides is 2. The molecule has 0 spiro atoms. The number of morpholine rings is 1. The van der Waals surface area contributed by atoms with Crippen molar-refractivity contribution in [2.45, 2.75) is 13.0 Å². The van der Waals surface area contributed by atoms with E-state index in [1.165, 1.54) is 6.08 Å². The first kappa shape index (κ1) is 14.7. The molecule has 0 saturated carbocycles. The van der Waals surface area contributed by atoms with Crippen molar-refractivity contribution in [2.24, 2.45) is 0 Å². The molecule has 1 aromatic rings. The zero-order valence-electron chi connectivity index (χ0n) is 11.4. The van der Waals surface area contributed by atoms with E-state index in [9.17, 15) is 9.59 Å². The first-order valence-electron chi connectivity index (χ1n) is 6.54. The minimum absolute atomic E-state index is 0.0643. The summed E-state index contributed by atoms with van der Waals surface area (Å²) < 4.78 is 5.20. The second kappa shape index (κ2) is 7.21. The van der Waals surface area contributed by atoms with Crippen LogP contribution in [0.4, 0.5) is 0 Å². The summed E-state index contributed by atoms with van der Waals surface area (Å²) in [5.41, 5.74) is 0.984. The van der Waals surface area contributed by atoms with Crippen LogP contribution in [0.15, 0.2) is 22.9 Å². The summed E-state index contributed by atoms with van der Waals surface area (Å²) in [7, 11) is 0.